The van der Waals surface area contributed by atoms with Crippen molar-refractivity contribution in [2.45, 2.75) is 31.8 Å². The lowest BCUT2D eigenvalue weighted by Crippen LogP contribution is -2.33. The van der Waals surface area contributed by atoms with Gasteiger partial charge < -0.3 is 15.6 Å². The third kappa shape index (κ3) is 4.47. The fourth-order valence-electron chi connectivity index (χ4n) is 2.81. The van der Waals surface area contributed by atoms with Crippen molar-refractivity contribution in [2.75, 3.05) is 6.54 Å². The normalized spacial score (nSPS) is 16.6. The standard InChI is InChI=1S/C18H21N5O3/c24-16(20-9-8-14-10-19-12-21-14)7-6-15-17(25)23(18(26)22-15)11-13-4-2-1-3-5-13/h1-5,10,12,15H,6-9,11H2,(H,19,21)(H,20,24)(H,22,26)/t15-/m1/s1. The number of hydrogen-bond donors (Lipinski definition) is 3. The van der Waals surface area contributed by atoms with E-state index in [2.05, 4.69) is 20.6 Å². The van der Waals surface area contributed by atoms with E-state index in [0.29, 0.717) is 13.0 Å². The number of hydrogen-bond acceptors (Lipinski definition) is 4. The van der Waals surface area contributed by atoms with E-state index in [4.69, 9.17) is 0 Å². The van der Waals surface area contributed by atoms with E-state index in [-0.39, 0.29) is 31.2 Å². The zero-order valence-corrected chi connectivity index (χ0v) is 14.3. The molecular weight excluding hydrogens is 334 g/mol. The van der Waals surface area contributed by atoms with Gasteiger partial charge in [-0.2, -0.15) is 0 Å². The molecule has 1 aromatic carbocycles. The Morgan fingerprint density at radius 1 is 1.23 bits per heavy atom. The molecule has 3 N–H and O–H groups in total. The monoisotopic (exact) mass is 355 g/mol. The molecular formula is C18H21N5O3. The molecule has 4 amide bonds. The molecule has 8 nitrogen and oxygen atoms in total. The van der Waals surface area contributed by atoms with Gasteiger partial charge in [-0.3, -0.25) is 14.5 Å². The minimum Gasteiger partial charge on any atom is -0.356 e. The second kappa shape index (κ2) is 8.28. The summed E-state index contributed by atoms with van der Waals surface area (Å²) in [6, 6.07) is 8.26. The van der Waals surface area contributed by atoms with Crippen molar-refractivity contribution in [1.82, 2.24) is 25.5 Å². The molecule has 2 aromatic rings. The highest BCUT2D eigenvalue weighted by atomic mass is 16.2. The Morgan fingerprint density at radius 3 is 2.77 bits per heavy atom. The summed E-state index contributed by atoms with van der Waals surface area (Å²) in [4.78, 5) is 44.4. The molecule has 1 fully saturated rings. The van der Waals surface area contributed by atoms with Crippen LogP contribution in [0.25, 0.3) is 0 Å². The average Bonchev–Trinajstić information content (AvgIpc) is 3.25. The Morgan fingerprint density at radius 2 is 2.04 bits per heavy atom. The predicted molar refractivity (Wildman–Crippen MR) is 93.8 cm³/mol. The summed E-state index contributed by atoms with van der Waals surface area (Å²) in [5.41, 5.74) is 1.83. The first-order chi connectivity index (χ1) is 12.6. The second-order valence-corrected chi connectivity index (χ2v) is 6.13. The minimum absolute atomic E-state index is 0.145. The lowest BCUT2D eigenvalue weighted by atomic mass is 10.1. The highest BCUT2D eigenvalue weighted by molar-refractivity contribution is 6.04. The van der Waals surface area contributed by atoms with Crippen molar-refractivity contribution < 1.29 is 14.4 Å². The largest absolute Gasteiger partial charge is 0.356 e. The Balaban J connectivity index is 1.42. The molecule has 2 heterocycles. The number of nitrogens with one attached hydrogen (secondary N) is 3. The smallest absolute Gasteiger partial charge is 0.325 e. The fraction of sp³-hybridized carbons (Fsp3) is 0.333. The van der Waals surface area contributed by atoms with Crippen LogP contribution in [0.15, 0.2) is 42.9 Å². The quantitative estimate of drug-likeness (QED) is 0.613. The lowest BCUT2D eigenvalue weighted by Gasteiger charge is -2.13. The molecule has 8 heteroatoms. The molecule has 1 atom stereocenters. The number of H-pyrrole nitrogens is 1. The van der Waals surface area contributed by atoms with E-state index in [1.165, 1.54) is 4.90 Å². The van der Waals surface area contributed by atoms with E-state index in [1.54, 1.807) is 12.5 Å². The maximum atomic E-state index is 12.4. The van der Waals surface area contributed by atoms with Gasteiger partial charge in [0, 0.05) is 31.3 Å². The van der Waals surface area contributed by atoms with Gasteiger partial charge in [0.05, 0.1) is 12.9 Å². The molecule has 136 valence electrons. The maximum absolute atomic E-state index is 12.4. The van der Waals surface area contributed by atoms with Gasteiger partial charge in [-0.15, -0.1) is 0 Å². The van der Waals surface area contributed by atoms with Gasteiger partial charge in [0.1, 0.15) is 6.04 Å². The number of aromatic nitrogens is 2. The highest BCUT2D eigenvalue weighted by Gasteiger charge is 2.37. The zero-order chi connectivity index (χ0) is 18.4. The summed E-state index contributed by atoms with van der Waals surface area (Å²) in [5.74, 6) is -0.433. The van der Waals surface area contributed by atoms with Crippen LogP contribution in [0.2, 0.25) is 0 Å². The first kappa shape index (κ1) is 17.7. The highest BCUT2D eigenvalue weighted by Crippen LogP contribution is 2.15. The Kier molecular flexibility index (Phi) is 5.62. The van der Waals surface area contributed by atoms with Gasteiger partial charge in [0.15, 0.2) is 0 Å². The molecule has 1 aliphatic heterocycles. The number of nitrogens with zero attached hydrogens (tertiary/aromatic N) is 2. The third-order valence-electron chi connectivity index (χ3n) is 4.22. The van der Waals surface area contributed by atoms with Crippen LogP contribution in [0.5, 0.6) is 0 Å². The molecule has 0 aliphatic carbocycles. The van der Waals surface area contributed by atoms with Crippen LogP contribution in [-0.4, -0.2) is 45.3 Å². The number of carbonyl (C=O) groups excluding carboxylic acids is 3. The number of amides is 4. The summed E-state index contributed by atoms with van der Waals surface area (Å²) in [5, 5.41) is 5.45. The average molecular weight is 355 g/mol. The first-order valence-electron chi connectivity index (χ1n) is 8.53. The summed E-state index contributed by atoms with van der Waals surface area (Å²) < 4.78 is 0. The lowest BCUT2D eigenvalue weighted by molar-refractivity contribution is -0.128. The number of imide groups is 1. The van der Waals surface area contributed by atoms with Crippen molar-refractivity contribution in [3.8, 4) is 0 Å². The van der Waals surface area contributed by atoms with E-state index in [9.17, 15) is 14.4 Å². The second-order valence-electron chi connectivity index (χ2n) is 6.13. The molecule has 0 bridgehead atoms. The molecule has 26 heavy (non-hydrogen) atoms. The fourth-order valence-corrected chi connectivity index (χ4v) is 2.81. The van der Waals surface area contributed by atoms with E-state index >= 15 is 0 Å². The van der Waals surface area contributed by atoms with Gasteiger partial charge >= 0.3 is 6.03 Å². The minimum atomic E-state index is -0.649. The third-order valence-corrected chi connectivity index (χ3v) is 4.22. The Labute approximate surface area is 151 Å². The number of rotatable bonds is 8. The van der Waals surface area contributed by atoms with E-state index < -0.39 is 12.1 Å². The van der Waals surface area contributed by atoms with E-state index in [1.807, 2.05) is 30.3 Å². The van der Waals surface area contributed by atoms with Gasteiger partial charge in [-0.05, 0) is 12.0 Å². The molecule has 0 spiro atoms. The SMILES string of the molecule is O=C(CC[C@H]1NC(=O)N(Cc2ccccc2)C1=O)NCCc1cnc[nH]1. The van der Waals surface area contributed by atoms with Crippen LogP contribution in [0.4, 0.5) is 4.79 Å². The topological polar surface area (TPSA) is 107 Å². The summed E-state index contributed by atoms with van der Waals surface area (Å²) >= 11 is 0. The summed E-state index contributed by atoms with van der Waals surface area (Å²) in [6.07, 6.45) is 4.42. The maximum Gasteiger partial charge on any atom is 0.325 e. The van der Waals surface area contributed by atoms with Gasteiger partial charge in [-0.1, -0.05) is 30.3 Å². The molecule has 0 saturated carbocycles. The first-order valence-corrected chi connectivity index (χ1v) is 8.53. The van der Waals surface area contributed by atoms with Crippen molar-refractivity contribution in [3.63, 3.8) is 0 Å². The molecule has 3 rings (SSSR count). The molecule has 0 unspecified atom stereocenters. The van der Waals surface area contributed by atoms with Crippen LogP contribution in [0, 0.1) is 0 Å². The number of imidazole rings is 1. The van der Waals surface area contributed by atoms with Gasteiger partial charge in [-0.25, -0.2) is 9.78 Å². The number of benzene rings is 1. The van der Waals surface area contributed by atoms with Crippen LogP contribution in [-0.2, 0) is 22.6 Å². The Bertz CT molecular complexity index is 760. The zero-order valence-electron chi connectivity index (χ0n) is 14.3. The van der Waals surface area contributed by atoms with Gasteiger partial charge in [0.2, 0.25) is 5.91 Å². The van der Waals surface area contributed by atoms with Crippen LogP contribution >= 0.6 is 0 Å². The van der Waals surface area contributed by atoms with Crippen molar-refractivity contribution in [2.24, 2.45) is 0 Å². The summed E-state index contributed by atoms with van der Waals surface area (Å²) in [6.45, 7) is 0.727. The Hall–Kier alpha value is -3.16. The van der Waals surface area contributed by atoms with Crippen molar-refractivity contribution in [3.05, 3.63) is 54.1 Å². The van der Waals surface area contributed by atoms with Crippen molar-refractivity contribution >= 4 is 17.8 Å². The number of aromatic amines is 1. The number of urea groups is 1. The van der Waals surface area contributed by atoms with Crippen LogP contribution in [0.3, 0.4) is 0 Å². The van der Waals surface area contributed by atoms with Gasteiger partial charge in [0.25, 0.3) is 5.91 Å². The molecule has 1 aliphatic rings. The van der Waals surface area contributed by atoms with Crippen molar-refractivity contribution in [1.29, 1.82) is 0 Å². The predicted octanol–water partition coefficient (Wildman–Crippen LogP) is 0.969. The molecule has 0 radical (unpaired) electrons. The van der Waals surface area contributed by atoms with Crippen LogP contribution in [0.1, 0.15) is 24.1 Å². The summed E-state index contributed by atoms with van der Waals surface area (Å²) in [7, 11) is 0. The van der Waals surface area contributed by atoms with E-state index in [0.717, 1.165) is 11.3 Å². The molecule has 1 saturated heterocycles. The van der Waals surface area contributed by atoms with Crippen LogP contribution < -0.4 is 10.6 Å². The molecule has 1 aromatic heterocycles. The number of carbonyl (C=O) groups is 3.